The molecule has 6 N–H and O–H groups in total. The molecule has 0 bridgehead atoms. The van der Waals surface area contributed by atoms with E-state index in [4.69, 9.17) is 9.47 Å². The number of non-ortho nitro benzene ring substituents is 2. The van der Waals surface area contributed by atoms with Crippen molar-refractivity contribution >= 4 is 57.3 Å². The third kappa shape index (κ3) is 8.63. The maximum Gasteiger partial charge on any atom is 0.273 e. The number of aromatic amines is 2. The molecule has 2 amide bonds. The van der Waals surface area contributed by atoms with Crippen molar-refractivity contribution in [3.8, 4) is 45.8 Å². The van der Waals surface area contributed by atoms with Crippen molar-refractivity contribution < 1.29 is 39.1 Å². The van der Waals surface area contributed by atoms with Gasteiger partial charge in [0, 0.05) is 23.5 Å². The number of rotatable bonds is 14. The number of hydrogen-bond donors (Lipinski definition) is 6. The molecule has 0 saturated carbocycles. The van der Waals surface area contributed by atoms with E-state index in [0.717, 1.165) is 12.1 Å². The Morgan fingerprint density at radius 3 is 1.27 bits per heavy atom. The van der Waals surface area contributed by atoms with Crippen LogP contribution in [0.3, 0.4) is 0 Å². The molecule has 0 saturated heterocycles. The number of benzene rings is 5. The van der Waals surface area contributed by atoms with Crippen LogP contribution >= 0.6 is 0 Å². The van der Waals surface area contributed by atoms with Gasteiger partial charge in [-0.1, -0.05) is 60.7 Å². The average molecular weight is 837 g/mol. The van der Waals surface area contributed by atoms with Crippen LogP contribution in [0.15, 0.2) is 142 Å². The Hall–Kier alpha value is -9.20. The Morgan fingerprint density at radius 2 is 0.935 bits per heavy atom. The van der Waals surface area contributed by atoms with E-state index in [1.807, 2.05) is 0 Å². The van der Waals surface area contributed by atoms with Gasteiger partial charge in [0.05, 0.1) is 58.7 Å². The highest BCUT2D eigenvalue weighted by Crippen LogP contribution is 2.43. The van der Waals surface area contributed by atoms with Crippen molar-refractivity contribution in [2.75, 3.05) is 24.9 Å². The zero-order valence-electron chi connectivity index (χ0n) is 32.4. The molecule has 2 aromatic heterocycles. The molecule has 0 unspecified atom stereocenters. The van der Waals surface area contributed by atoms with Gasteiger partial charge in [-0.15, -0.1) is 20.5 Å². The minimum absolute atomic E-state index is 0.0348. The van der Waals surface area contributed by atoms with Crippen molar-refractivity contribution in [3.05, 3.63) is 153 Å². The number of carbonyl (C=O) groups excluding carboxylic acids is 2. The molecular weight excluding hydrogens is 805 g/mol. The first-order chi connectivity index (χ1) is 29.9. The fourth-order valence-corrected chi connectivity index (χ4v) is 6.19. The number of methoxy groups -OCH3 is 2. The average Bonchev–Trinajstić information content (AvgIpc) is 3.81. The van der Waals surface area contributed by atoms with Crippen LogP contribution in [0.4, 0.5) is 45.5 Å². The van der Waals surface area contributed by atoms with E-state index < -0.39 is 33.4 Å². The molecule has 2 heterocycles. The third-order valence-corrected chi connectivity index (χ3v) is 9.15. The summed E-state index contributed by atoms with van der Waals surface area (Å²) in [5.74, 6) is -2.28. The fourth-order valence-electron chi connectivity index (χ4n) is 6.19. The number of nitro benzene ring substituents is 2. The Labute approximate surface area is 349 Å². The summed E-state index contributed by atoms with van der Waals surface area (Å²) < 4.78 is 10.5. The summed E-state index contributed by atoms with van der Waals surface area (Å²) in [6, 6.07) is 30.8. The first kappa shape index (κ1) is 41.0. The Balaban J connectivity index is 1.16. The second kappa shape index (κ2) is 17.7. The minimum atomic E-state index is -0.697. The zero-order valence-corrected chi connectivity index (χ0v) is 32.4. The van der Waals surface area contributed by atoms with E-state index >= 15 is 0 Å². The number of H-pyrrole nitrogens is 2. The molecule has 7 rings (SSSR count). The largest absolute Gasteiger partial charge is 0.494 e. The molecule has 20 heteroatoms. The first-order valence-corrected chi connectivity index (χ1v) is 18.2. The maximum absolute atomic E-state index is 14.0. The van der Waals surface area contributed by atoms with Gasteiger partial charge in [0.25, 0.3) is 23.2 Å². The molecule has 310 valence electrons. The van der Waals surface area contributed by atoms with Gasteiger partial charge in [0.2, 0.25) is 11.8 Å². The fraction of sp³-hybridized carbons (Fsp3) is 0.0476. The lowest BCUT2D eigenvalue weighted by Gasteiger charge is -2.10. The van der Waals surface area contributed by atoms with Crippen molar-refractivity contribution in [3.63, 3.8) is 0 Å². The molecule has 5 aromatic carbocycles. The van der Waals surface area contributed by atoms with E-state index in [0.29, 0.717) is 11.1 Å². The zero-order chi connectivity index (χ0) is 43.9. The summed E-state index contributed by atoms with van der Waals surface area (Å²) in [5, 5.41) is 66.6. The molecule has 0 aliphatic heterocycles. The van der Waals surface area contributed by atoms with Crippen molar-refractivity contribution in [2.45, 2.75) is 0 Å². The maximum atomic E-state index is 14.0. The van der Waals surface area contributed by atoms with E-state index in [2.05, 4.69) is 41.1 Å². The quantitative estimate of drug-likeness (QED) is 0.0342. The molecule has 20 nitrogen and oxygen atoms in total. The van der Waals surface area contributed by atoms with Crippen molar-refractivity contribution in [1.82, 2.24) is 9.97 Å². The monoisotopic (exact) mass is 836 g/mol. The van der Waals surface area contributed by atoms with Gasteiger partial charge in [0.15, 0.2) is 22.9 Å². The number of anilines is 2. The van der Waals surface area contributed by atoms with Crippen LogP contribution in [-0.4, -0.2) is 56.1 Å². The first-order valence-electron chi connectivity index (χ1n) is 18.2. The second-order valence-electron chi connectivity index (χ2n) is 13.0. The van der Waals surface area contributed by atoms with Gasteiger partial charge < -0.3 is 40.3 Å². The number of carbonyl (C=O) groups is 2. The molecule has 0 fully saturated rings. The Morgan fingerprint density at radius 1 is 0.565 bits per heavy atom. The Bertz CT molecular complexity index is 2700. The second-order valence-corrected chi connectivity index (χ2v) is 13.0. The molecule has 7 aromatic rings. The number of nitro groups is 2. The summed E-state index contributed by atoms with van der Waals surface area (Å²) in [4.78, 5) is 55.0. The van der Waals surface area contributed by atoms with Gasteiger partial charge in [-0.25, -0.2) is 0 Å². The summed E-state index contributed by atoms with van der Waals surface area (Å²) in [6.45, 7) is 0. The van der Waals surface area contributed by atoms with Crippen LogP contribution in [0.2, 0.25) is 0 Å². The molecule has 0 atom stereocenters. The van der Waals surface area contributed by atoms with Gasteiger partial charge in [0.1, 0.15) is 11.4 Å². The number of aromatic hydroxyl groups is 2. The number of azo groups is 2. The van der Waals surface area contributed by atoms with Gasteiger partial charge in [-0.05, 0) is 47.5 Å². The minimum Gasteiger partial charge on any atom is -0.494 e. The lowest BCUT2D eigenvalue weighted by atomic mass is 10.1. The molecule has 62 heavy (non-hydrogen) atoms. The number of ether oxygens (including phenoxy) is 2. The smallest absolute Gasteiger partial charge is 0.273 e. The number of amides is 2. The van der Waals surface area contributed by atoms with Crippen LogP contribution in [0, 0.1) is 20.2 Å². The topological polar surface area (TPSA) is 284 Å². The number of nitrogens with zero attached hydrogens (tertiary/aromatic N) is 6. The van der Waals surface area contributed by atoms with Crippen LogP contribution in [-0.2, 0) is 0 Å². The molecule has 0 spiro atoms. The molecular formula is C42H32N10O10. The molecule has 0 aliphatic carbocycles. The predicted molar refractivity (Wildman–Crippen MR) is 226 cm³/mol. The summed E-state index contributed by atoms with van der Waals surface area (Å²) in [5.41, 5.74) is 1.17. The van der Waals surface area contributed by atoms with Gasteiger partial charge in [-0.3, -0.25) is 29.8 Å². The summed E-state index contributed by atoms with van der Waals surface area (Å²) in [6.07, 6.45) is 0. The summed E-state index contributed by atoms with van der Waals surface area (Å²) in [7, 11) is 2.60. The highest BCUT2D eigenvalue weighted by molar-refractivity contribution is 6.14. The SMILES string of the molecule is COc1cc([N+](=O)[O-])ccc1N=Nc1c(O)[nH]c(-c2ccccc2)c1C(=O)Nc1ccc(NC(=O)c2c(-c3ccccc3)[nH]c(O)c2N=Nc2ccc([N+](=O)[O-])cc2OC)cc1. The van der Waals surface area contributed by atoms with Crippen LogP contribution in [0.5, 0.6) is 23.3 Å². The van der Waals surface area contributed by atoms with E-state index in [1.54, 1.807) is 60.7 Å². The number of nitrogens with one attached hydrogen (secondary N) is 4. The van der Waals surface area contributed by atoms with Crippen molar-refractivity contribution in [1.29, 1.82) is 0 Å². The lowest BCUT2D eigenvalue weighted by Crippen LogP contribution is -2.14. The predicted octanol–water partition coefficient (Wildman–Crippen LogP) is 10.3. The van der Waals surface area contributed by atoms with Gasteiger partial charge >= 0.3 is 0 Å². The van der Waals surface area contributed by atoms with Crippen LogP contribution in [0.1, 0.15) is 20.7 Å². The number of hydrogen-bond acceptors (Lipinski definition) is 14. The highest BCUT2D eigenvalue weighted by atomic mass is 16.6. The van der Waals surface area contributed by atoms with E-state index in [1.165, 1.54) is 62.8 Å². The normalized spacial score (nSPS) is 11.1. The summed E-state index contributed by atoms with van der Waals surface area (Å²) >= 11 is 0. The highest BCUT2D eigenvalue weighted by Gasteiger charge is 2.27. The van der Waals surface area contributed by atoms with Crippen LogP contribution < -0.4 is 20.1 Å². The van der Waals surface area contributed by atoms with E-state index in [-0.39, 0.29) is 79.5 Å². The number of aromatic nitrogens is 2. The third-order valence-electron chi connectivity index (χ3n) is 9.15. The van der Waals surface area contributed by atoms with Gasteiger partial charge in [-0.2, -0.15) is 0 Å². The van der Waals surface area contributed by atoms with Crippen molar-refractivity contribution in [2.24, 2.45) is 20.5 Å². The standard InChI is InChI=1S/C42H32N10O10/c1-61-31-21-27(51(57)58)17-19-29(31)47-49-37-33(35(45-41(37)55)23-9-5-3-6-10-23)39(53)43-25-13-15-26(16-14-25)44-40(54)34-36(24-11-7-4-8-12-24)46-42(56)38(34)50-48-30-20-18-28(52(59)60)22-32(30)62-2/h3-22,45-46,55-56H,1-2H3,(H,43,53)(H,44,54). The Kier molecular flexibility index (Phi) is 11.7. The molecule has 0 aliphatic rings. The molecule has 0 radical (unpaired) electrons. The van der Waals surface area contributed by atoms with Crippen LogP contribution in [0.25, 0.3) is 22.5 Å². The van der Waals surface area contributed by atoms with E-state index in [9.17, 15) is 40.0 Å². The lowest BCUT2D eigenvalue weighted by molar-refractivity contribution is -0.385.